The summed E-state index contributed by atoms with van der Waals surface area (Å²) in [5, 5.41) is 1.47. The van der Waals surface area contributed by atoms with Gasteiger partial charge in [-0.1, -0.05) is 17.7 Å². The minimum absolute atomic E-state index is 0.234. The highest BCUT2D eigenvalue weighted by atomic mass is 35.5. The Morgan fingerprint density at radius 2 is 1.89 bits per heavy atom. The predicted molar refractivity (Wildman–Crippen MR) is 99.4 cm³/mol. The zero-order chi connectivity index (χ0) is 19.7. The van der Waals surface area contributed by atoms with Gasteiger partial charge in [0.1, 0.15) is 0 Å². The van der Waals surface area contributed by atoms with Crippen LogP contribution in [-0.2, 0) is 22.7 Å². The molecule has 0 atom stereocenters. The molecule has 2 heterocycles. The van der Waals surface area contributed by atoms with Crippen molar-refractivity contribution in [1.29, 1.82) is 0 Å². The molecule has 148 valence electrons. The lowest BCUT2D eigenvalue weighted by atomic mass is 10.2. The van der Waals surface area contributed by atoms with E-state index in [1.807, 2.05) is 17.5 Å². The van der Waals surface area contributed by atoms with Crippen LogP contribution in [0.3, 0.4) is 0 Å². The number of benzene rings is 1. The number of thiophene rings is 1. The maximum atomic E-state index is 13.1. The summed E-state index contributed by atoms with van der Waals surface area (Å²) in [6, 6.07) is 6.72. The largest absolute Gasteiger partial charge is 0.417 e. The minimum Gasteiger partial charge on any atom is -0.297 e. The first-order valence-electron chi connectivity index (χ1n) is 8.29. The third-order valence-corrected chi connectivity index (χ3v) is 7.47. The average Bonchev–Trinajstić information content (AvgIpc) is 2.97. The number of halogens is 4. The van der Waals surface area contributed by atoms with Gasteiger partial charge < -0.3 is 0 Å². The molecule has 1 saturated heterocycles. The Kier molecular flexibility index (Phi) is 6.17. The number of sulfonamides is 1. The van der Waals surface area contributed by atoms with Crippen LogP contribution in [0.25, 0.3) is 0 Å². The Labute approximate surface area is 165 Å². The SMILES string of the molecule is O=S(=O)(c1ccc(Cl)c(C(F)(F)F)c1)N1CCCN(Cc2cccs2)CC1. The molecule has 3 rings (SSSR count). The van der Waals surface area contributed by atoms with E-state index in [1.54, 1.807) is 11.3 Å². The summed E-state index contributed by atoms with van der Waals surface area (Å²) in [4.78, 5) is 2.97. The highest BCUT2D eigenvalue weighted by Gasteiger charge is 2.35. The molecule has 0 spiro atoms. The van der Waals surface area contributed by atoms with Gasteiger partial charge in [0.2, 0.25) is 10.0 Å². The minimum atomic E-state index is -4.71. The van der Waals surface area contributed by atoms with Gasteiger partial charge in [0.15, 0.2) is 0 Å². The van der Waals surface area contributed by atoms with Crippen molar-refractivity contribution in [2.45, 2.75) is 24.0 Å². The number of alkyl halides is 3. The van der Waals surface area contributed by atoms with Gasteiger partial charge >= 0.3 is 6.18 Å². The molecule has 1 fully saturated rings. The van der Waals surface area contributed by atoms with Gasteiger partial charge in [-0.15, -0.1) is 11.3 Å². The van der Waals surface area contributed by atoms with Crippen LogP contribution in [0.4, 0.5) is 13.2 Å². The molecule has 10 heteroatoms. The predicted octanol–water partition coefficient (Wildman–Crippen LogP) is 4.32. The van der Waals surface area contributed by atoms with Crippen molar-refractivity contribution in [2.24, 2.45) is 0 Å². The van der Waals surface area contributed by atoms with Crippen LogP contribution in [-0.4, -0.2) is 43.8 Å². The average molecular weight is 439 g/mol. The quantitative estimate of drug-likeness (QED) is 0.714. The van der Waals surface area contributed by atoms with Crippen LogP contribution in [0.15, 0.2) is 40.6 Å². The second-order valence-electron chi connectivity index (χ2n) is 6.25. The summed E-state index contributed by atoms with van der Waals surface area (Å²) >= 11 is 7.23. The third-order valence-electron chi connectivity index (χ3n) is 4.39. The van der Waals surface area contributed by atoms with Crippen molar-refractivity contribution in [3.8, 4) is 0 Å². The van der Waals surface area contributed by atoms with Crippen LogP contribution in [0.5, 0.6) is 0 Å². The van der Waals surface area contributed by atoms with Crippen molar-refractivity contribution >= 4 is 33.0 Å². The van der Waals surface area contributed by atoms with E-state index >= 15 is 0 Å². The summed E-state index contributed by atoms with van der Waals surface area (Å²) in [7, 11) is -4.02. The van der Waals surface area contributed by atoms with Crippen molar-refractivity contribution in [2.75, 3.05) is 26.2 Å². The summed E-state index contributed by atoms with van der Waals surface area (Å²) in [5.74, 6) is 0. The van der Waals surface area contributed by atoms with Gasteiger partial charge in [0.25, 0.3) is 0 Å². The molecule has 4 nitrogen and oxygen atoms in total. The van der Waals surface area contributed by atoms with Gasteiger partial charge in [-0.25, -0.2) is 8.42 Å². The molecule has 1 aromatic heterocycles. The lowest BCUT2D eigenvalue weighted by Crippen LogP contribution is -2.35. The smallest absolute Gasteiger partial charge is 0.297 e. The number of nitrogens with zero attached hydrogens (tertiary/aromatic N) is 2. The van der Waals surface area contributed by atoms with Gasteiger partial charge in [-0.05, 0) is 42.6 Å². The summed E-state index contributed by atoms with van der Waals surface area (Å²) < 4.78 is 66.1. The highest BCUT2D eigenvalue weighted by Crippen LogP contribution is 2.36. The van der Waals surface area contributed by atoms with Crippen molar-refractivity contribution in [3.63, 3.8) is 0 Å². The Bertz CT molecular complexity index is 886. The van der Waals surface area contributed by atoms with Gasteiger partial charge in [0, 0.05) is 31.1 Å². The van der Waals surface area contributed by atoms with E-state index in [4.69, 9.17) is 11.6 Å². The Balaban J connectivity index is 1.77. The van der Waals surface area contributed by atoms with E-state index in [2.05, 4.69) is 4.90 Å². The molecule has 1 aromatic carbocycles. The maximum Gasteiger partial charge on any atom is 0.417 e. The highest BCUT2D eigenvalue weighted by molar-refractivity contribution is 7.89. The summed E-state index contributed by atoms with van der Waals surface area (Å²) in [6.45, 7) is 2.50. The molecule has 0 N–H and O–H groups in total. The second-order valence-corrected chi connectivity index (χ2v) is 9.63. The third kappa shape index (κ3) is 4.83. The lowest BCUT2D eigenvalue weighted by molar-refractivity contribution is -0.137. The van der Waals surface area contributed by atoms with Crippen LogP contribution in [0, 0.1) is 0 Å². The zero-order valence-electron chi connectivity index (χ0n) is 14.2. The Hall–Kier alpha value is -1.13. The van der Waals surface area contributed by atoms with Crippen LogP contribution < -0.4 is 0 Å². The van der Waals surface area contributed by atoms with E-state index in [0.29, 0.717) is 19.0 Å². The normalized spacial score (nSPS) is 17.8. The fraction of sp³-hybridized carbons (Fsp3) is 0.412. The molecular formula is C17H18ClF3N2O2S2. The first-order chi connectivity index (χ1) is 12.7. The lowest BCUT2D eigenvalue weighted by Gasteiger charge is -2.22. The molecule has 0 radical (unpaired) electrons. The number of rotatable bonds is 4. The molecule has 0 saturated carbocycles. The molecular weight excluding hydrogens is 421 g/mol. The van der Waals surface area contributed by atoms with Gasteiger partial charge in [-0.3, -0.25) is 4.90 Å². The zero-order valence-corrected chi connectivity index (χ0v) is 16.6. The standard InChI is InChI=1S/C17H18ClF3N2O2S2/c18-16-5-4-14(11-15(16)17(19,20)21)27(24,25)23-7-2-6-22(8-9-23)12-13-3-1-10-26-13/h1,3-5,10-11H,2,6-9,12H2. The van der Waals surface area contributed by atoms with Crippen molar-refractivity contribution in [1.82, 2.24) is 9.21 Å². The first kappa shape index (κ1) is 20.6. The molecule has 0 aliphatic carbocycles. The molecule has 1 aliphatic heterocycles. The molecule has 27 heavy (non-hydrogen) atoms. The van der Waals surface area contributed by atoms with E-state index < -0.39 is 26.8 Å². The van der Waals surface area contributed by atoms with Gasteiger partial charge in [0.05, 0.1) is 15.5 Å². The fourth-order valence-electron chi connectivity index (χ4n) is 3.00. The monoisotopic (exact) mass is 438 g/mol. The van der Waals surface area contributed by atoms with Crippen LogP contribution in [0.2, 0.25) is 5.02 Å². The van der Waals surface area contributed by atoms with E-state index in [-0.39, 0.29) is 18.0 Å². The first-order valence-corrected chi connectivity index (χ1v) is 11.0. The van der Waals surface area contributed by atoms with Gasteiger partial charge in [-0.2, -0.15) is 17.5 Å². The topological polar surface area (TPSA) is 40.6 Å². The molecule has 0 amide bonds. The molecule has 1 aliphatic rings. The van der Waals surface area contributed by atoms with Crippen LogP contribution in [0.1, 0.15) is 16.9 Å². The van der Waals surface area contributed by atoms with E-state index in [0.717, 1.165) is 25.2 Å². The molecule has 0 bridgehead atoms. The maximum absolute atomic E-state index is 13.1. The second kappa shape index (κ2) is 8.08. The van der Waals surface area contributed by atoms with E-state index in [9.17, 15) is 21.6 Å². The molecule has 2 aromatic rings. The summed E-state index contributed by atoms with van der Waals surface area (Å²) in [5.41, 5.74) is -1.14. The number of hydrogen-bond acceptors (Lipinski definition) is 4. The Morgan fingerprint density at radius 3 is 2.56 bits per heavy atom. The van der Waals surface area contributed by atoms with Crippen molar-refractivity contribution < 1.29 is 21.6 Å². The number of hydrogen-bond donors (Lipinski definition) is 0. The Morgan fingerprint density at radius 1 is 1.11 bits per heavy atom. The van der Waals surface area contributed by atoms with Crippen molar-refractivity contribution in [3.05, 3.63) is 51.2 Å². The summed E-state index contributed by atoms with van der Waals surface area (Å²) in [6.07, 6.45) is -4.09. The molecule has 0 unspecified atom stereocenters. The van der Waals surface area contributed by atoms with Crippen LogP contribution >= 0.6 is 22.9 Å². The van der Waals surface area contributed by atoms with E-state index in [1.165, 1.54) is 9.18 Å². The fourth-order valence-corrected chi connectivity index (χ4v) is 5.47.